The second kappa shape index (κ2) is 8.63. The summed E-state index contributed by atoms with van der Waals surface area (Å²) < 4.78 is 0. The molecule has 0 spiro atoms. The summed E-state index contributed by atoms with van der Waals surface area (Å²) in [6, 6.07) is 12.5. The molecule has 0 saturated carbocycles. The molecule has 0 unspecified atom stereocenters. The lowest BCUT2D eigenvalue weighted by atomic mass is 10.1. The van der Waals surface area contributed by atoms with Crippen LogP contribution in [0.3, 0.4) is 0 Å². The zero-order valence-corrected chi connectivity index (χ0v) is 13.2. The molecule has 110 valence electrons. The minimum Gasteiger partial charge on any atom is -0.395 e. The van der Waals surface area contributed by atoms with Crippen LogP contribution in [0.4, 0.5) is 0 Å². The molecule has 0 aliphatic heterocycles. The number of benzene rings is 1. The fourth-order valence-electron chi connectivity index (χ4n) is 2.12. The Bertz CT molecular complexity index is 595. The number of thiophene rings is 1. The van der Waals surface area contributed by atoms with E-state index in [-0.39, 0.29) is 6.61 Å². The molecular weight excluding hydrogens is 278 g/mol. The van der Waals surface area contributed by atoms with E-state index in [0.29, 0.717) is 6.42 Å². The summed E-state index contributed by atoms with van der Waals surface area (Å²) in [7, 11) is 2.14. The van der Waals surface area contributed by atoms with Crippen molar-refractivity contribution in [2.75, 3.05) is 20.2 Å². The fraction of sp³-hybridized carbons (Fsp3) is 0.333. The first kappa shape index (κ1) is 15.8. The Balaban J connectivity index is 1.94. The van der Waals surface area contributed by atoms with E-state index in [2.05, 4.69) is 53.4 Å². The molecule has 0 amide bonds. The highest BCUT2D eigenvalue weighted by Crippen LogP contribution is 2.12. The summed E-state index contributed by atoms with van der Waals surface area (Å²) >= 11 is 1.82. The lowest BCUT2D eigenvalue weighted by Gasteiger charge is -2.17. The standard InChI is InChI=1S/C18H21NOS/c1-19(12-11-18-10-6-14-21-18)15-17-9-3-2-7-16(17)8-4-5-13-20/h2-3,6-7,9-10,14,20H,5,11-13,15H2,1H3. The second-order valence-corrected chi connectivity index (χ2v) is 6.03. The van der Waals surface area contributed by atoms with Crippen LogP contribution >= 0.6 is 11.3 Å². The monoisotopic (exact) mass is 299 g/mol. The van der Waals surface area contributed by atoms with Gasteiger partial charge in [0.1, 0.15) is 0 Å². The number of aliphatic hydroxyl groups excluding tert-OH is 1. The molecule has 1 aromatic carbocycles. The minimum atomic E-state index is 0.121. The van der Waals surface area contributed by atoms with Gasteiger partial charge < -0.3 is 10.0 Å². The van der Waals surface area contributed by atoms with Gasteiger partial charge in [0.15, 0.2) is 0 Å². The highest BCUT2D eigenvalue weighted by atomic mass is 32.1. The molecule has 2 rings (SSSR count). The molecule has 0 fully saturated rings. The summed E-state index contributed by atoms with van der Waals surface area (Å²) in [5, 5.41) is 10.9. The number of hydrogen-bond donors (Lipinski definition) is 1. The Morgan fingerprint density at radius 3 is 2.81 bits per heavy atom. The number of hydrogen-bond acceptors (Lipinski definition) is 3. The van der Waals surface area contributed by atoms with Crippen LogP contribution in [0, 0.1) is 11.8 Å². The van der Waals surface area contributed by atoms with Crippen LogP contribution in [0.25, 0.3) is 0 Å². The molecule has 2 aromatic rings. The number of likely N-dealkylation sites (N-methyl/N-ethyl adjacent to an activating group) is 1. The van der Waals surface area contributed by atoms with Crippen LogP contribution in [-0.2, 0) is 13.0 Å². The average Bonchev–Trinajstić information content (AvgIpc) is 3.00. The minimum absolute atomic E-state index is 0.121. The van der Waals surface area contributed by atoms with E-state index in [4.69, 9.17) is 5.11 Å². The van der Waals surface area contributed by atoms with Crippen molar-refractivity contribution in [3.8, 4) is 11.8 Å². The predicted molar refractivity (Wildman–Crippen MR) is 89.4 cm³/mol. The van der Waals surface area contributed by atoms with Gasteiger partial charge in [-0.3, -0.25) is 0 Å². The smallest absolute Gasteiger partial charge is 0.0540 e. The van der Waals surface area contributed by atoms with Crippen LogP contribution in [0.15, 0.2) is 41.8 Å². The Morgan fingerprint density at radius 1 is 1.19 bits per heavy atom. The zero-order valence-electron chi connectivity index (χ0n) is 12.4. The maximum atomic E-state index is 8.81. The molecule has 0 atom stereocenters. The van der Waals surface area contributed by atoms with Crippen LogP contribution in [0.2, 0.25) is 0 Å². The van der Waals surface area contributed by atoms with Crippen molar-refractivity contribution in [3.05, 3.63) is 57.8 Å². The topological polar surface area (TPSA) is 23.5 Å². The van der Waals surface area contributed by atoms with Crippen molar-refractivity contribution < 1.29 is 5.11 Å². The quantitative estimate of drug-likeness (QED) is 0.828. The van der Waals surface area contributed by atoms with E-state index in [9.17, 15) is 0 Å². The van der Waals surface area contributed by atoms with Gasteiger partial charge in [-0.15, -0.1) is 11.3 Å². The third-order valence-corrected chi connectivity index (χ3v) is 4.17. The summed E-state index contributed by atoms with van der Waals surface area (Å²) in [4.78, 5) is 3.75. The SMILES string of the molecule is CN(CCc1cccs1)Cc1ccccc1C#CCCO. The molecule has 21 heavy (non-hydrogen) atoms. The van der Waals surface area contributed by atoms with Crippen LogP contribution in [0.1, 0.15) is 22.4 Å². The van der Waals surface area contributed by atoms with Crippen LogP contribution in [0.5, 0.6) is 0 Å². The Morgan fingerprint density at radius 2 is 2.05 bits per heavy atom. The highest BCUT2D eigenvalue weighted by molar-refractivity contribution is 7.09. The molecule has 3 heteroatoms. The van der Waals surface area contributed by atoms with Crippen molar-refractivity contribution in [1.29, 1.82) is 0 Å². The van der Waals surface area contributed by atoms with Gasteiger partial charge in [-0.25, -0.2) is 0 Å². The summed E-state index contributed by atoms with van der Waals surface area (Å²) in [6.45, 7) is 2.06. The van der Waals surface area contributed by atoms with Crippen molar-refractivity contribution in [2.45, 2.75) is 19.4 Å². The van der Waals surface area contributed by atoms with E-state index in [0.717, 1.165) is 25.1 Å². The molecule has 0 saturated heterocycles. The van der Waals surface area contributed by atoms with Gasteiger partial charge >= 0.3 is 0 Å². The Labute approximate surface area is 131 Å². The molecule has 0 aliphatic carbocycles. The van der Waals surface area contributed by atoms with Gasteiger partial charge in [0.05, 0.1) is 6.61 Å². The van der Waals surface area contributed by atoms with E-state index in [1.165, 1.54) is 10.4 Å². The lowest BCUT2D eigenvalue weighted by molar-refractivity contribution is 0.305. The Hall–Kier alpha value is -1.60. The number of rotatable bonds is 6. The average molecular weight is 299 g/mol. The first-order valence-corrected chi connectivity index (χ1v) is 8.06. The third-order valence-electron chi connectivity index (χ3n) is 3.24. The Kier molecular flexibility index (Phi) is 6.49. The highest BCUT2D eigenvalue weighted by Gasteiger charge is 2.04. The molecule has 0 aliphatic rings. The first-order chi connectivity index (χ1) is 10.3. The van der Waals surface area contributed by atoms with E-state index >= 15 is 0 Å². The lowest BCUT2D eigenvalue weighted by Crippen LogP contribution is -2.21. The van der Waals surface area contributed by atoms with Gasteiger partial charge in [0.2, 0.25) is 0 Å². The summed E-state index contributed by atoms with van der Waals surface area (Å²) in [5.74, 6) is 6.16. The number of aliphatic hydroxyl groups is 1. The number of nitrogens with zero attached hydrogens (tertiary/aromatic N) is 1. The fourth-order valence-corrected chi connectivity index (χ4v) is 2.82. The molecule has 1 N–H and O–H groups in total. The van der Waals surface area contributed by atoms with Crippen molar-refractivity contribution in [2.24, 2.45) is 0 Å². The van der Waals surface area contributed by atoms with Gasteiger partial charge in [-0.1, -0.05) is 36.1 Å². The molecule has 0 radical (unpaired) electrons. The van der Waals surface area contributed by atoms with Gasteiger partial charge in [-0.05, 0) is 36.5 Å². The molecule has 0 bridgehead atoms. The second-order valence-electron chi connectivity index (χ2n) is 5.00. The van der Waals surface area contributed by atoms with Crippen molar-refractivity contribution in [3.63, 3.8) is 0 Å². The van der Waals surface area contributed by atoms with E-state index in [1.807, 2.05) is 23.5 Å². The third kappa shape index (κ3) is 5.35. The molecule has 1 heterocycles. The largest absolute Gasteiger partial charge is 0.395 e. The molecule has 1 aromatic heterocycles. The summed E-state index contributed by atoms with van der Waals surface area (Å²) in [5.41, 5.74) is 2.31. The van der Waals surface area contributed by atoms with E-state index in [1.54, 1.807) is 0 Å². The summed E-state index contributed by atoms with van der Waals surface area (Å²) in [6.07, 6.45) is 1.62. The normalized spacial score (nSPS) is 10.4. The first-order valence-electron chi connectivity index (χ1n) is 7.18. The maximum Gasteiger partial charge on any atom is 0.0540 e. The van der Waals surface area contributed by atoms with Crippen molar-refractivity contribution in [1.82, 2.24) is 4.90 Å². The van der Waals surface area contributed by atoms with Gasteiger partial charge in [0, 0.05) is 30.0 Å². The van der Waals surface area contributed by atoms with E-state index < -0.39 is 0 Å². The van der Waals surface area contributed by atoms with Gasteiger partial charge in [-0.2, -0.15) is 0 Å². The van der Waals surface area contributed by atoms with Crippen molar-refractivity contribution >= 4 is 11.3 Å². The van der Waals surface area contributed by atoms with Gasteiger partial charge in [0.25, 0.3) is 0 Å². The van der Waals surface area contributed by atoms with Crippen LogP contribution in [-0.4, -0.2) is 30.2 Å². The molecular formula is C18H21NOS. The maximum absolute atomic E-state index is 8.81. The predicted octanol–water partition coefficient (Wildman–Crippen LogP) is 3.16. The zero-order chi connectivity index (χ0) is 14.9. The molecule has 2 nitrogen and oxygen atoms in total. The van der Waals surface area contributed by atoms with Crippen LogP contribution < -0.4 is 0 Å².